The quantitative estimate of drug-likeness (QED) is 0.526. The lowest BCUT2D eigenvalue weighted by Gasteiger charge is -2.18. The molecule has 0 fully saturated rings. The van der Waals surface area contributed by atoms with Crippen LogP contribution in [0.5, 0.6) is 5.75 Å². The summed E-state index contributed by atoms with van der Waals surface area (Å²) in [6.45, 7) is 9.68. The van der Waals surface area contributed by atoms with Crippen LogP contribution in [0.25, 0.3) is 0 Å². The number of hydrogen-bond acceptors (Lipinski definition) is 5. The summed E-state index contributed by atoms with van der Waals surface area (Å²) in [5, 5.41) is 0. The van der Waals surface area contributed by atoms with Crippen molar-refractivity contribution in [3.63, 3.8) is 0 Å². The highest BCUT2D eigenvalue weighted by atomic mass is 35.5. The SMILES string of the molecule is CCCOc1cc(NCl)ccc1C(=O)OCCN(CC)CC. The van der Waals surface area contributed by atoms with Crippen LogP contribution in [-0.2, 0) is 4.74 Å². The number of hydrogen-bond donors (Lipinski definition) is 1. The molecule has 0 aliphatic heterocycles. The Morgan fingerprint density at radius 3 is 2.55 bits per heavy atom. The maximum absolute atomic E-state index is 12.2. The third-order valence-corrected chi connectivity index (χ3v) is 3.53. The van der Waals surface area contributed by atoms with Gasteiger partial charge in [0.05, 0.1) is 12.3 Å². The first-order chi connectivity index (χ1) is 10.7. The van der Waals surface area contributed by atoms with E-state index in [2.05, 4.69) is 23.6 Å². The molecular formula is C16H25ClN2O3. The lowest BCUT2D eigenvalue weighted by Crippen LogP contribution is -2.28. The maximum Gasteiger partial charge on any atom is 0.341 e. The van der Waals surface area contributed by atoms with Crippen LogP contribution in [-0.4, -0.2) is 43.7 Å². The number of nitrogens with one attached hydrogen (secondary N) is 1. The summed E-state index contributed by atoms with van der Waals surface area (Å²) in [4.78, 5) is 16.9. The average molecular weight is 329 g/mol. The van der Waals surface area contributed by atoms with Crippen molar-refractivity contribution in [3.05, 3.63) is 23.8 Å². The van der Waals surface area contributed by atoms with Gasteiger partial charge in [0.25, 0.3) is 0 Å². The van der Waals surface area contributed by atoms with Crippen LogP contribution in [0.2, 0.25) is 0 Å². The summed E-state index contributed by atoms with van der Waals surface area (Å²) in [6.07, 6.45) is 0.856. The van der Waals surface area contributed by atoms with Crippen LogP contribution in [0, 0.1) is 0 Å². The maximum atomic E-state index is 12.2. The second-order valence-corrected chi connectivity index (χ2v) is 5.01. The van der Waals surface area contributed by atoms with E-state index in [4.69, 9.17) is 21.3 Å². The van der Waals surface area contributed by atoms with E-state index in [9.17, 15) is 4.79 Å². The van der Waals surface area contributed by atoms with Gasteiger partial charge in [-0.05, 0) is 31.6 Å². The molecule has 0 aliphatic rings. The highest BCUT2D eigenvalue weighted by Crippen LogP contribution is 2.25. The molecule has 0 unspecified atom stereocenters. The summed E-state index contributed by atoms with van der Waals surface area (Å²) in [6, 6.07) is 5.08. The van der Waals surface area contributed by atoms with Gasteiger partial charge in [-0.3, -0.25) is 4.84 Å². The molecule has 1 rings (SSSR count). The minimum atomic E-state index is -0.376. The molecule has 1 aromatic carbocycles. The summed E-state index contributed by atoms with van der Waals surface area (Å²) < 4.78 is 11.0. The van der Waals surface area contributed by atoms with Crippen molar-refractivity contribution in [3.8, 4) is 5.75 Å². The van der Waals surface area contributed by atoms with E-state index < -0.39 is 0 Å². The van der Waals surface area contributed by atoms with Crippen LogP contribution in [0.1, 0.15) is 37.6 Å². The molecular weight excluding hydrogens is 304 g/mol. The number of esters is 1. The molecule has 6 heteroatoms. The number of halogens is 1. The van der Waals surface area contributed by atoms with Crippen molar-refractivity contribution in [1.82, 2.24) is 4.90 Å². The highest BCUT2D eigenvalue weighted by Gasteiger charge is 2.15. The second kappa shape index (κ2) is 10.3. The van der Waals surface area contributed by atoms with Gasteiger partial charge in [-0.1, -0.05) is 20.8 Å². The molecule has 0 bridgehead atoms. The van der Waals surface area contributed by atoms with E-state index in [0.29, 0.717) is 30.2 Å². The Labute approximate surface area is 137 Å². The molecule has 0 saturated heterocycles. The number of rotatable bonds is 10. The number of carbonyl (C=O) groups excluding carboxylic acids is 1. The van der Waals surface area contributed by atoms with Gasteiger partial charge in [0.1, 0.15) is 17.9 Å². The molecule has 1 N–H and O–H groups in total. The molecule has 0 aliphatic carbocycles. The second-order valence-electron chi connectivity index (χ2n) is 4.82. The summed E-state index contributed by atoms with van der Waals surface area (Å²) in [5.41, 5.74) is 1.09. The number of likely N-dealkylation sites (N-methyl/N-ethyl adjacent to an activating group) is 1. The topological polar surface area (TPSA) is 50.8 Å². The first kappa shape index (κ1) is 18.6. The van der Waals surface area contributed by atoms with Gasteiger partial charge in [0, 0.05) is 24.4 Å². The van der Waals surface area contributed by atoms with Crippen molar-refractivity contribution < 1.29 is 14.3 Å². The average Bonchev–Trinajstić information content (AvgIpc) is 2.56. The van der Waals surface area contributed by atoms with Gasteiger partial charge in [-0.25, -0.2) is 4.79 Å². The first-order valence-electron chi connectivity index (χ1n) is 7.69. The zero-order valence-corrected chi connectivity index (χ0v) is 14.3. The van der Waals surface area contributed by atoms with E-state index in [1.807, 2.05) is 6.92 Å². The van der Waals surface area contributed by atoms with E-state index in [-0.39, 0.29) is 5.97 Å². The summed E-state index contributed by atoms with van der Waals surface area (Å²) in [7, 11) is 0. The number of anilines is 1. The highest BCUT2D eigenvalue weighted by molar-refractivity contribution is 6.24. The van der Waals surface area contributed by atoms with Gasteiger partial charge in [-0.15, -0.1) is 0 Å². The van der Waals surface area contributed by atoms with E-state index in [1.165, 1.54) is 0 Å². The molecule has 0 saturated carbocycles. The Morgan fingerprint density at radius 1 is 1.23 bits per heavy atom. The Kier molecular flexibility index (Phi) is 8.70. The van der Waals surface area contributed by atoms with Gasteiger partial charge < -0.3 is 14.4 Å². The van der Waals surface area contributed by atoms with Crippen LogP contribution in [0.4, 0.5) is 5.69 Å². The normalized spacial score (nSPS) is 10.6. The molecule has 0 spiro atoms. The lowest BCUT2D eigenvalue weighted by molar-refractivity contribution is 0.0462. The van der Waals surface area contributed by atoms with Crippen molar-refractivity contribution in [2.24, 2.45) is 0 Å². The van der Waals surface area contributed by atoms with Crippen molar-refractivity contribution in [1.29, 1.82) is 0 Å². The largest absolute Gasteiger partial charge is 0.493 e. The van der Waals surface area contributed by atoms with Gasteiger partial charge in [0.2, 0.25) is 0 Å². The number of ether oxygens (including phenoxy) is 2. The van der Waals surface area contributed by atoms with Crippen molar-refractivity contribution >= 4 is 23.4 Å². The molecule has 0 heterocycles. The zero-order valence-electron chi connectivity index (χ0n) is 13.5. The molecule has 0 amide bonds. The number of carbonyl (C=O) groups is 1. The lowest BCUT2D eigenvalue weighted by atomic mass is 10.2. The predicted molar refractivity (Wildman–Crippen MR) is 89.8 cm³/mol. The zero-order chi connectivity index (χ0) is 16.4. The predicted octanol–water partition coefficient (Wildman–Crippen LogP) is 3.54. The van der Waals surface area contributed by atoms with Gasteiger partial charge in [0.15, 0.2) is 0 Å². The molecule has 0 atom stereocenters. The third kappa shape index (κ3) is 5.73. The van der Waals surface area contributed by atoms with Crippen LogP contribution in [0.15, 0.2) is 18.2 Å². The molecule has 22 heavy (non-hydrogen) atoms. The monoisotopic (exact) mass is 328 g/mol. The van der Waals surface area contributed by atoms with Crippen molar-refractivity contribution in [2.75, 3.05) is 37.7 Å². The van der Waals surface area contributed by atoms with E-state index in [1.54, 1.807) is 18.2 Å². The summed E-state index contributed by atoms with van der Waals surface area (Å²) >= 11 is 5.59. The molecule has 5 nitrogen and oxygen atoms in total. The Bertz CT molecular complexity index is 465. The minimum absolute atomic E-state index is 0.364. The number of benzene rings is 1. The van der Waals surface area contributed by atoms with Gasteiger partial charge in [-0.2, -0.15) is 0 Å². The first-order valence-corrected chi connectivity index (χ1v) is 8.06. The standard InChI is InChI=1S/C16H25ClN2O3/c1-4-10-21-15-12-13(18-17)7-8-14(15)16(20)22-11-9-19(5-2)6-3/h7-8,12,18H,4-6,9-11H2,1-3H3. The van der Waals surface area contributed by atoms with Gasteiger partial charge >= 0.3 is 5.97 Å². The molecule has 0 aromatic heterocycles. The van der Waals surface area contributed by atoms with E-state index >= 15 is 0 Å². The third-order valence-electron chi connectivity index (χ3n) is 3.31. The Morgan fingerprint density at radius 2 is 1.95 bits per heavy atom. The minimum Gasteiger partial charge on any atom is -0.493 e. The smallest absolute Gasteiger partial charge is 0.341 e. The Balaban J connectivity index is 2.70. The fourth-order valence-corrected chi connectivity index (χ4v) is 2.08. The van der Waals surface area contributed by atoms with Crippen LogP contribution < -0.4 is 9.57 Å². The van der Waals surface area contributed by atoms with E-state index in [0.717, 1.165) is 26.1 Å². The van der Waals surface area contributed by atoms with Crippen LogP contribution >= 0.6 is 11.8 Å². The fourth-order valence-electron chi connectivity index (χ4n) is 1.97. The summed E-state index contributed by atoms with van der Waals surface area (Å²) in [5.74, 6) is 0.111. The molecule has 0 radical (unpaired) electrons. The molecule has 124 valence electrons. The molecule has 1 aromatic rings. The van der Waals surface area contributed by atoms with Crippen molar-refractivity contribution in [2.45, 2.75) is 27.2 Å². The number of nitrogens with zero attached hydrogens (tertiary/aromatic N) is 1. The van der Waals surface area contributed by atoms with Crippen LogP contribution in [0.3, 0.4) is 0 Å². The Hall–Kier alpha value is -1.46. The fraction of sp³-hybridized carbons (Fsp3) is 0.562.